The van der Waals surface area contributed by atoms with Gasteiger partial charge in [-0.1, -0.05) is 42.0 Å². The Hall–Kier alpha value is -3.41. The lowest BCUT2D eigenvalue weighted by atomic mass is 10.1. The van der Waals surface area contributed by atoms with E-state index in [9.17, 15) is 9.59 Å². The SMILES string of the molecule is Cc1cccc(-c2nn(-c3ccccc3)cc2C(=O)O[C@H]2CCOC2=O)c1. The fourth-order valence-corrected chi connectivity index (χ4v) is 3.02. The van der Waals surface area contributed by atoms with Gasteiger partial charge in [-0.2, -0.15) is 5.10 Å². The van der Waals surface area contributed by atoms with Crippen LogP contribution in [-0.2, 0) is 14.3 Å². The molecule has 1 aromatic heterocycles. The summed E-state index contributed by atoms with van der Waals surface area (Å²) in [5.41, 5.74) is 3.51. The zero-order chi connectivity index (χ0) is 18.8. The quantitative estimate of drug-likeness (QED) is 0.666. The van der Waals surface area contributed by atoms with E-state index >= 15 is 0 Å². The monoisotopic (exact) mass is 362 g/mol. The minimum absolute atomic E-state index is 0.269. The minimum Gasteiger partial charge on any atom is -0.463 e. The molecule has 3 aromatic rings. The second-order valence-electron chi connectivity index (χ2n) is 6.39. The minimum atomic E-state index is -0.858. The van der Waals surface area contributed by atoms with E-state index in [0.29, 0.717) is 17.7 Å². The third kappa shape index (κ3) is 3.46. The van der Waals surface area contributed by atoms with Crippen LogP contribution in [0, 0.1) is 6.92 Å². The van der Waals surface area contributed by atoms with Gasteiger partial charge in [0.2, 0.25) is 6.10 Å². The molecule has 136 valence electrons. The molecule has 0 saturated carbocycles. The molecule has 6 nitrogen and oxygen atoms in total. The lowest BCUT2D eigenvalue weighted by molar-refractivity contribution is -0.145. The van der Waals surface area contributed by atoms with E-state index in [1.165, 1.54) is 0 Å². The first-order chi connectivity index (χ1) is 13.1. The summed E-state index contributed by atoms with van der Waals surface area (Å²) in [7, 11) is 0. The summed E-state index contributed by atoms with van der Waals surface area (Å²) in [4.78, 5) is 24.4. The van der Waals surface area contributed by atoms with E-state index in [1.54, 1.807) is 10.9 Å². The molecule has 6 heteroatoms. The first-order valence-electron chi connectivity index (χ1n) is 8.71. The molecule has 1 aliphatic heterocycles. The van der Waals surface area contributed by atoms with Gasteiger partial charge in [-0.25, -0.2) is 14.3 Å². The first-order valence-corrected chi connectivity index (χ1v) is 8.71. The fraction of sp³-hybridized carbons (Fsp3) is 0.190. The van der Waals surface area contributed by atoms with Crippen LogP contribution in [0.5, 0.6) is 0 Å². The number of esters is 2. The second-order valence-corrected chi connectivity index (χ2v) is 6.39. The summed E-state index contributed by atoms with van der Waals surface area (Å²) in [5.74, 6) is -1.09. The van der Waals surface area contributed by atoms with Crippen molar-refractivity contribution < 1.29 is 19.1 Å². The number of hydrogen-bond acceptors (Lipinski definition) is 5. The van der Waals surface area contributed by atoms with Crippen LogP contribution in [0.4, 0.5) is 0 Å². The van der Waals surface area contributed by atoms with Gasteiger partial charge < -0.3 is 9.47 Å². The standard InChI is InChI=1S/C21H18N2O4/c1-14-6-5-7-15(12-14)19-17(20(24)27-18-10-11-26-21(18)25)13-23(22-19)16-8-3-2-4-9-16/h2-9,12-13,18H,10-11H2,1H3/t18-/m0/s1. The summed E-state index contributed by atoms with van der Waals surface area (Å²) in [6.45, 7) is 2.25. The molecule has 0 N–H and O–H groups in total. The average Bonchev–Trinajstić information content (AvgIpc) is 3.29. The second kappa shape index (κ2) is 7.07. The molecule has 0 unspecified atom stereocenters. The molecule has 0 amide bonds. The number of carbonyl (C=O) groups is 2. The normalized spacial score (nSPS) is 16.2. The molecule has 1 fully saturated rings. The van der Waals surface area contributed by atoms with Gasteiger partial charge in [0.1, 0.15) is 11.3 Å². The van der Waals surface area contributed by atoms with Crippen molar-refractivity contribution in [3.8, 4) is 16.9 Å². The van der Waals surface area contributed by atoms with Crippen molar-refractivity contribution in [2.24, 2.45) is 0 Å². The Morgan fingerprint density at radius 1 is 1.19 bits per heavy atom. The van der Waals surface area contributed by atoms with Crippen LogP contribution in [0.1, 0.15) is 22.3 Å². The molecule has 2 aromatic carbocycles. The zero-order valence-corrected chi connectivity index (χ0v) is 14.8. The van der Waals surface area contributed by atoms with Crippen molar-refractivity contribution in [1.29, 1.82) is 0 Å². The Morgan fingerprint density at radius 3 is 2.70 bits per heavy atom. The number of carbonyl (C=O) groups excluding carboxylic acids is 2. The highest BCUT2D eigenvalue weighted by atomic mass is 16.6. The number of para-hydroxylation sites is 1. The molecule has 4 rings (SSSR count). The number of hydrogen-bond donors (Lipinski definition) is 0. The maximum atomic E-state index is 12.8. The van der Waals surface area contributed by atoms with E-state index < -0.39 is 18.0 Å². The third-order valence-electron chi connectivity index (χ3n) is 4.38. The molecule has 0 radical (unpaired) electrons. The van der Waals surface area contributed by atoms with Crippen LogP contribution in [0.2, 0.25) is 0 Å². The van der Waals surface area contributed by atoms with E-state index in [0.717, 1.165) is 16.8 Å². The molecular formula is C21H18N2O4. The van der Waals surface area contributed by atoms with Crippen molar-refractivity contribution in [1.82, 2.24) is 9.78 Å². The fourth-order valence-electron chi connectivity index (χ4n) is 3.02. The molecule has 1 saturated heterocycles. The van der Waals surface area contributed by atoms with Gasteiger partial charge in [-0.15, -0.1) is 0 Å². The zero-order valence-electron chi connectivity index (χ0n) is 14.8. The number of ether oxygens (including phenoxy) is 2. The highest BCUT2D eigenvalue weighted by Gasteiger charge is 2.32. The maximum absolute atomic E-state index is 12.8. The summed E-state index contributed by atoms with van der Waals surface area (Å²) in [6.07, 6.45) is 1.15. The maximum Gasteiger partial charge on any atom is 0.347 e. The van der Waals surface area contributed by atoms with Crippen molar-refractivity contribution in [3.63, 3.8) is 0 Å². The van der Waals surface area contributed by atoms with Crippen LogP contribution in [-0.4, -0.2) is 34.4 Å². The van der Waals surface area contributed by atoms with Crippen LogP contribution in [0.15, 0.2) is 60.8 Å². The molecule has 27 heavy (non-hydrogen) atoms. The molecule has 0 bridgehead atoms. The molecule has 0 aliphatic carbocycles. The summed E-state index contributed by atoms with van der Waals surface area (Å²) >= 11 is 0. The molecule has 0 spiro atoms. The van der Waals surface area contributed by atoms with Gasteiger partial charge in [0, 0.05) is 18.2 Å². The van der Waals surface area contributed by atoms with E-state index in [4.69, 9.17) is 9.47 Å². The van der Waals surface area contributed by atoms with E-state index in [2.05, 4.69) is 5.10 Å². The largest absolute Gasteiger partial charge is 0.463 e. The Bertz CT molecular complexity index is 994. The van der Waals surface area contributed by atoms with Crippen LogP contribution >= 0.6 is 0 Å². The number of benzene rings is 2. The predicted octanol–water partition coefficient (Wildman–Crippen LogP) is 3.32. The molecule has 1 aliphatic rings. The smallest absolute Gasteiger partial charge is 0.347 e. The van der Waals surface area contributed by atoms with Gasteiger partial charge in [0.15, 0.2) is 0 Å². The number of aryl methyl sites for hydroxylation is 1. The molecular weight excluding hydrogens is 344 g/mol. The van der Waals surface area contributed by atoms with E-state index in [-0.39, 0.29) is 6.61 Å². The predicted molar refractivity (Wildman–Crippen MR) is 98.5 cm³/mol. The van der Waals surface area contributed by atoms with Crippen molar-refractivity contribution in [2.75, 3.05) is 6.61 Å². The lowest BCUT2D eigenvalue weighted by Crippen LogP contribution is -2.22. The van der Waals surface area contributed by atoms with Crippen LogP contribution in [0.25, 0.3) is 16.9 Å². The first kappa shape index (κ1) is 17.0. The number of aromatic nitrogens is 2. The van der Waals surface area contributed by atoms with E-state index in [1.807, 2.05) is 61.5 Å². The summed E-state index contributed by atoms with van der Waals surface area (Å²) in [6, 6.07) is 17.2. The molecule has 2 heterocycles. The van der Waals surface area contributed by atoms with Gasteiger partial charge in [0.25, 0.3) is 0 Å². The van der Waals surface area contributed by atoms with Crippen molar-refractivity contribution in [2.45, 2.75) is 19.4 Å². The Morgan fingerprint density at radius 2 is 2.00 bits per heavy atom. The van der Waals surface area contributed by atoms with Gasteiger partial charge in [0.05, 0.1) is 12.3 Å². The van der Waals surface area contributed by atoms with Crippen molar-refractivity contribution in [3.05, 3.63) is 71.9 Å². The Labute approximate surface area is 156 Å². The summed E-state index contributed by atoms with van der Waals surface area (Å²) < 4.78 is 11.9. The lowest BCUT2D eigenvalue weighted by Gasteiger charge is -2.08. The Kier molecular flexibility index (Phi) is 4.46. The van der Waals surface area contributed by atoms with Gasteiger partial charge in [-0.05, 0) is 25.1 Å². The van der Waals surface area contributed by atoms with Crippen LogP contribution < -0.4 is 0 Å². The van der Waals surface area contributed by atoms with Gasteiger partial charge >= 0.3 is 11.9 Å². The van der Waals surface area contributed by atoms with Gasteiger partial charge in [-0.3, -0.25) is 0 Å². The topological polar surface area (TPSA) is 70.4 Å². The number of nitrogens with zero attached hydrogens (tertiary/aromatic N) is 2. The summed E-state index contributed by atoms with van der Waals surface area (Å²) in [5, 5.41) is 4.61. The highest BCUT2D eigenvalue weighted by Crippen LogP contribution is 2.26. The van der Waals surface area contributed by atoms with Crippen LogP contribution in [0.3, 0.4) is 0 Å². The number of cyclic esters (lactones) is 1. The molecule has 1 atom stereocenters. The average molecular weight is 362 g/mol. The van der Waals surface area contributed by atoms with Crippen molar-refractivity contribution >= 4 is 11.9 Å². The third-order valence-corrected chi connectivity index (χ3v) is 4.38. The number of rotatable bonds is 4. The highest BCUT2D eigenvalue weighted by molar-refractivity contribution is 5.97. The Balaban J connectivity index is 1.75.